The second kappa shape index (κ2) is 7.02. The highest BCUT2D eigenvalue weighted by Gasteiger charge is 2.52. The van der Waals surface area contributed by atoms with Gasteiger partial charge in [0.05, 0.1) is 5.41 Å². The molecule has 0 spiro atoms. The minimum absolute atomic E-state index is 0.189. The van der Waals surface area contributed by atoms with Crippen LogP contribution >= 0.6 is 0 Å². The standard InChI is InChI=1S/C19H27FN4O/c20-16-3-1-14(2-4-16)11-24-7-5-17(6-8-24)23-18(25)19-12-21-9-15(19)10-22-13-19/h1-4,15,17,21-22H,5-13H2,(H,23,25). The first-order valence-corrected chi connectivity index (χ1v) is 9.35. The number of halogens is 1. The first kappa shape index (κ1) is 16.9. The molecule has 0 bridgehead atoms. The molecule has 3 heterocycles. The van der Waals surface area contributed by atoms with Crippen molar-refractivity contribution in [2.75, 3.05) is 39.3 Å². The Morgan fingerprint density at radius 3 is 2.44 bits per heavy atom. The summed E-state index contributed by atoms with van der Waals surface area (Å²) in [6.45, 7) is 6.25. The van der Waals surface area contributed by atoms with Gasteiger partial charge in [-0.05, 0) is 30.5 Å². The molecule has 3 N–H and O–H groups in total. The van der Waals surface area contributed by atoms with Gasteiger partial charge in [0.1, 0.15) is 5.82 Å². The van der Waals surface area contributed by atoms with Gasteiger partial charge >= 0.3 is 0 Å². The van der Waals surface area contributed by atoms with Crippen LogP contribution in [0.25, 0.3) is 0 Å². The summed E-state index contributed by atoms with van der Waals surface area (Å²) >= 11 is 0. The van der Waals surface area contributed by atoms with E-state index in [9.17, 15) is 9.18 Å². The average Bonchev–Trinajstić information content (AvgIpc) is 3.20. The number of nitrogens with one attached hydrogen (secondary N) is 3. The number of hydrogen-bond acceptors (Lipinski definition) is 4. The summed E-state index contributed by atoms with van der Waals surface area (Å²) in [7, 11) is 0. The van der Waals surface area contributed by atoms with E-state index in [-0.39, 0.29) is 23.2 Å². The lowest BCUT2D eigenvalue weighted by Gasteiger charge is -2.35. The van der Waals surface area contributed by atoms with Gasteiger partial charge in [-0.15, -0.1) is 0 Å². The zero-order chi connectivity index (χ0) is 17.3. The summed E-state index contributed by atoms with van der Waals surface area (Å²) in [6.07, 6.45) is 1.96. The zero-order valence-corrected chi connectivity index (χ0v) is 14.6. The molecule has 0 aliphatic carbocycles. The molecule has 0 atom stereocenters. The number of amides is 1. The van der Waals surface area contributed by atoms with Crippen LogP contribution in [0.15, 0.2) is 24.3 Å². The summed E-state index contributed by atoms with van der Waals surface area (Å²) in [5.41, 5.74) is 0.894. The molecule has 0 saturated carbocycles. The fraction of sp³-hybridized carbons (Fsp3) is 0.632. The van der Waals surface area contributed by atoms with Crippen molar-refractivity contribution in [3.63, 3.8) is 0 Å². The van der Waals surface area contributed by atoms with Crippen molar-refractivity contribution < 1.29 is 9.18 Å². The Morgan fingerprint density at radius 2 is 1.80 bits per heavy atom. The Kier molecular flexibility index (Phi) is 4.75. The quantitative estimate of drug-likeness (QED) is 0.752. The lowest BCUT2D eigenvalue weighted by atomic mass is 9.79. The molecule has 3 aliphatic heterocycles. The molecule has 5 nitrogen and oxygen atoms in total. The van der Waals surface area contributed by atoms with Gasteiger partial charge in [-0.2, -0.15) is 0 Å². The largest absolute Gasteiger partial charge is 0.353 e. The fourth-order valence-corrected chi connectivity index (χ4v) is 4.51. The average molecular weight is 346 g/mol. The highest BCUT2D eigenvalue weighted by atomic mass is 19.1. The van der Waals surface area contributed by atoms with Crippen LogP contribution in [-0.4, -0.2) is 56.1 Å². The van der Waals surface area contributed by atoms with E-state index in [4.69, 9.17) is 0 Å². The van der Waals surface area contributed by atoms with Gasteiger partial charge in [0, 0.05) is 57.8 Å². The van der Waals surface area contributed by atoms with Gasteiger partial charge < -0.3 is 16.0 Å². The first-order valence-electron chi connectivity index (χ1n) is 9.35. The third-order valence-electron chi connectivity index (χ3n) is 6.14. The molecule has 0 aromatic heterocycles. The maximum Gasteiger partial charge on any atom is 0.229 e. The third-order valence-corrected chi connectivity index (χ3v) is 6.14. The SMILES string of the molecule is O=C(NC1CCN(Cc2ccc(F)cc2)CC1)C12CNCC1CNC2. The molecule has 3 saturated heterocycles. The van der Waals surface area contributed by atoms with E-state index in [0.29, 0.717) is 5.92 Å². The highest BCUT2D eigenvalue weighted by Crippen LogP contribution is 2.35. The van der Waals surface area contributed by atoms with Crippen LogP contribution in [0.5, 0.6) is 0 Å². The highest BCUT2D eigenvalue weighted by molar-refractivity contribution is 5.84. The van der Waals surface area contributed by atoms with Gasteiger partial charge in [-0.1, -0.05) is 12.1 Å². The van der Waals surface area contributed by atoms with Crippen LogP contribution in [0.4, 0.5) is 4.39 Å². The van der Waals surface area contributed by atoms with Crippen molar-refractivity contribution in [3.8, 4) is 0 Å². The molecule has 3 fully saturated rings. The lowest BCUT2D eigenvalue weighted by Crippen LogP contribution is -2.52. The maximum atomic E-state index is 13.0. The van der Waals surface area contributed by atoms with E-state index in [1.807, 2.05) is 12.1 Å². The number of fused-ring (bicyclic) bond motifs is 1. The minimum atomic E-state index is -0.245. The Balaban J connectivity index is 1.27. The summed E-state index contributed by atoms with van der Waals surface area (Å²) in [5, 5.41) is 10.1. The van der Waals surface area contributed by atoms with Crippen molar-refractivity contribution in [3.05, 3.63) is 35.6 Å². The normalized spacial score (nSPS) is 30.4. The summed E-state index contributed by atoms with van der Waals surface area (Å²) in [5.74, 6) is 0.459. The van der Waals surface area contributed by atoms with Gasteiger partial charge in [0.2, 0.25) is 5.91 Å². The predicted molar refractivity (Wildman–Crippen MR) is 94.5 cm³/mol. The Morgan fingerprint density at radius 1 is 1.16 bits per heavy atom. The fourth-order valence-electron chi connectivity index (χ4n) is 4.51. The third kappa shape index (κ3) is 3.43. The van der Waals surface area contributed by atoms with Gasteiger partial charge in [-0.25, -0.2) is 4.39 Å². The molecule has 1 aromatic rings. The smallest absolute Gasteiger partial charge is 0.229 e. The number of likely N-dealkylation sites (tertiary alicyclic amines) is 1. The van der Waals surface area contributed by atoms with Crippen LogP contribution in [0.2, 0.25) is 0 Å². The number of carbonyl (C=O) groups is 1. The molecule has 136 valence electrons. The van der Waals surface area contributed by atoms with E-state index in [0.717, 1.165) is 64.2 Å². The van der Waals surface area contributed by atoms with E-state index in [1.54, 1.807) is 0 Å². The molecule has 4 rings (SSSR count). The molecular formula is C19H27FN4O. The molecule has 3 aliphatic rings. The van der Waals surface area contributed by atoms with Crippen molar-refractivity contribution in [2.24, 2.45) is 11.3 Å². The second-order valence-corrected chi connectivity index (χ2v) is 7.77. The van der Waals surface area contributed by atoms with Crippen LogP contribution < -0.4 is 16.0 Å². The molecule has 1 amide bonds. The zero-order valence-electron chi connectivity index (χ0n) is 14.6. The molecule has 0 radical (unpaired) electrons. The maximum absolute atomic E-state index is 13.0. The van der Waals surface area contributed by atoms with Crippen LogP contribution in [0, 0.1) is 17.2 Å². The van der Waals surface area contributed by atoms with Crippen molar-refractivity contribution in [1.29, 1.82) is 0 Å². The number of nitrogens with zero attached hydrogens (tertiary/aromatic N) is 1. The molecule has 0 unspecified atom stereocenters. The Bertz CT molecular complexity index is 602. The number of piperidine rings is 1. The monoisotopic (exact) mass is 346 g/mol. The van der Waals surface area contributed by atoms with E-state index < -0.39 is 0 Å². The first-order chi connectivity index (χ1) is 12.2. The van der Waals surface area contributed by atoms with E-state index in [2.05, 4.69) is 20.9 Å². The molecule has 6 heteroatoms. The van der Waals surface area contributed by atoms with E-state index in [1.165, 1.54) is 12.1 Å². The molecule has 1 aromatic carbocycles. The lowest BCUT2D eigenvalue weighted by molar-refractivity contribution is -0.131. The van der Waals surface area contributed by atoms with Crippen molar-refractivity contribution in [1.82, 2.24) is 20.9 Å². The topological polar surface area (TPSA) is 56.4 Å². The molecule has 25 heavy (non-hydrogen) atoms. The number of benzene rings is 1. The van der Waals surface area contributed by atoms with Gasteiger partial charge in [0.15, 0.2) is 0 Å². The Labute approximate surface area is 148 Å². The number of carbonyl (C=O) groups excluding carboxylic acids is 1. The van der Waals surface area contributed by atoms with E-state index >= 15 is 0 Å². The van der Waals surface area contributed by atoms with Gasteiger partial charge in [0.25, 0.3) is 0 Å². The minimum Gasteiger partial charge on any atom is -0.353 e. The van der Waals surface area contributed by atoms with Gasteiger partial charge in [-0.3, -0.25) is 9.69 Å². The Hall–Kier alpha value is -1.50. The number of hydrogen-bond donors (Lipinski definition) is 3. The molecular weight excluding hydrogens is 319 g/mol. The summed E-state index contributed by atoms with van der Waals surface area (Å²) < 4.78 is 13.0. The van der Waals surface area contributed by atoms with Crippen LogP contribution in [0.1, 0.15) is 18.4 Å². The second-order valence-electron chi connectivity index (χ2n) is 7.77. The summed E-state index contributed by atoms with van der Waals surface area (Å²) in [6, 6.07) is 7.01. The van der Waals surface area contributed by atoms with Crippen molar-refractivity contribution in [2.45, 2.75) is 25.4 Å². The van der Waals surface area contributed by atoms with Crippen LogP contribution in [0.3, 0.4) is 0 Å². The number of rotatable bonds is 4. The summed E-state index contributed by atoms with van der Waals surface area (Å²) in [4.78, 5) is 15.3. The van der Waals surface area contributed by atoms with Crippen molar-refractivity contribution >= 4 is 5.91 Å². The predicted octanol–water partition coefficient (Wildman–Crippen LogP) is 0.715. The van der Waals surface area contributed by atoms with Crippen LogP contribution in [-0.2, 0) is 11.3 Å².